The molecule has 0 spiro atoms. The van der Waals surface area contributed by atoms with Gasteiger partial charge in [-0.3, -0.25) is 0 Å². The van der Waals surface area contributed by atoms with Crippen LogP contribution in [0.2, 0.25) is 0 Å². The van der Waals surface area contributed by atoms with Crippen molar-refractivity contribution in [3.8, 4) is 0 Å². The number of hydrogen-bond donors (Lipinski definition) is 1. The molecular weight excluding hydrogens is 281 g/mol. The average molecular weight is 302 g/mol. The first-order valence-corrected chi connectivity index (χ1v) is 7.72. The molecule has 3 rings (SSSR count). The Morgan fingerprint density at radius 3 is 2.76 bits per heavy atom. The van der Waals surface area contributed by atoms with E-state index < -0.39 is 12.1 Å². The SMILES string of the molecule is FC(F)(F)[C@@H]1CCC[C@H](NCCn2cnnc2C2CC2)C1. The number of aromatic nitrogens is 3. The molecular formula is C14H21F3N4. The van der Waals surface area contributed by atoms with Crippen LogP contribution >= 0.6 is 0 Å². The summed E-state index contributed by atoms with van der Waals surface area (Å²) in [5.41, 5.74) is 0. The highest BCUT2D eigenvalue weighted by molar-refractivity contribution is 5.04. The smallest absolute Gasteiger partial charge is 0.316 e. The van der Waals surface area contributed by atoms with Gasteiger partial charge in [0.2, 0.25) is 0 Å². The topological polar surface area (TPSA) is 42.7 Å². The highest BCUT2D eigenvalue weighted by Crippen LogP contribution is 2.39. The van der Waals surface area contributed by atoms with E-state index >= 15 is 0 Å². The van der Waals surface area contributed by atoms with E-state index in [1.165, 1.54) is 12.8 Å². The molecule has 1 aromatic heterocycles. The molecule has 1 heterocycles. The van der Waals surface area contributed by atoms with Gasteiger partial charge in [-0.1, -0.05) is 6.42 Å². The Balaban J connectivity index is 1.45. The Bertz CT molecular complexity index is 467. The molecule has 4 nitrogen and oxygen atoms in total. The van der Waals surface area contributed by atoms with Gasteiger partial charge in [0.1, 0.15) is 12.2 Å². The lowest BCUT2D eigenvalue weighted by Crippen LogP contribution is -2.40. The molecule has 0 amide bonds. The van der Waals surface area contributed by atoms with Gasteiger partial charge in [0.05, 0.1) is 5.92 Å². The molecule has 2 aliphatic rings. The summed E-state index contributed by atoms with van der Waals surface area (Å²) < 4.78 is 40.3. The van der Waals surface area contributed by atoms with Crippen molar-refractivity contribution < 1.29 is 13.2 Å². The maximum absolute atomic E-state index is 12.8. The second-order valence-corrected chi connectivity index (χ2v) is 6.21. The normalized spacial score (nSPS) is 27.0. The largest absolute Gasteiger partial charge is 0.391 e. The van der Waals surface area contributed by atoms with Gasteiger partial charge < -0.3 is 9.88 Å². The summed E-state index contributed by atoms with van der Waals surface area (Å²) in [6.45, 7) is 1.40. The van der Waals surface area contributed by atoms with Crippen molar-refractivity contribution in [2.75, 3.05) is 6.54 Å². The maximum Gasteiger partial charge on any atom is 0.391 e. The Hall–Kier alpha value is -1.11. The first kappa shape index (κ1) is 14.8. The minimum absolute atomic E-state index is 0.0220. The second kappa shape index (κ2) is 5.94. The summed E-state index contributed by atoms with van der Waals surface area (Å²) >= 11 is 0. The molecule has 118 valence electrons. The van der Waals surface area contributed by atoms with Gasteiger partial charge in [-0.05, 0) is 32.1 Å². The molecule has 7 heteroatoms. The van der Waals surface area contributed by atoms with Crippen LogP contribution in [0.3, 0.4) is 0 Å². The van der Waals surface area contributed by atoms with Crippen LogP contribution in [-0.2, 0) is 6.54 Å². The molecule has 0 aliphatic heterocycles. The standard InChI is InChI=1S/C14H21F3N4/c15-14(16,17)11-2-1-3-12(8-11)18-6-7-21-9-19-20-13(21)10-4-5-10/h9-12,18H,1-8H2/t11-,12+/m1/s1. The van der Waals surface area contributed by atoms with Crippen molar-refractivity contribution in [1.82, 2.24) is 20.1 Å². The van der Waals surface area contributed by atoms with E-state index in [0.717, 1.165) is 18.8 Å². The van der Waals surface area contributed by atoms with Crippen LogP contribution < -0.4 is 5.32 Å². The highest BCUT2D eigenvalue weighted by atomic mass is 19.4. The summed E-state index contributed by atoms with van der Waals surface area (Å²) in [4.78, 5) is 0. The van der Waals surface area contributed by atoms with Crippen LogP contribution in [0, 0.1) is 5.92 Å². The van der Waals surface area contributed by atoms with Crippen LogP contribution in [0.5, 0.6) is 0 Å². The van der Waals surface area contributed by atoms with E-state index in [4.69, 9.17) is 0 Å². The molecule has 0 saturated heterocycles. The number of nitrogens with zero attached hydrogens (tertiary/aromatic N) is 3. The van der Waals surface area contributed by atoms with Crippen LogP contribution in [0.4, 0.5) is 13.2 Å². The summed E-state index contributed by atoms with van der Waals surface area (Å²) in [5.74, 6) is 0.422. The maximum atomic E-state index is 12.8. The van der Waals surface area contributed by atoms with Crippen molar-refractivity contribution in [3.63, 3.8) is 0 Å². The fraction of sp³-hybridized carbons (Fsp3) is 0.857. The van der Waals surface area contributed by atoms with Crippen molar-refractivity contribution >= 4 is 0 Å². The van der Waals surface area contributed by atoms with Crippen LogP contribution in [0.25, 0.3) is 0 Å². The summed E-state index contributed by atoms with van der Waals surface area (Å²) in [5, 5.41) is 11.3. The molecule has 1 aromatic rings. The van der Waals surface area contributed by atoms with E-state index in [0.29, 0.717) is 18.9 Å². The fourth-order valence-corrected chi connectivity index (χ4v) is 3.16. The van der Waals surface area contributed by atoms with Crippen LogP contribution in [0.1, 0.15) is 50.3 Å². The molecule has 2 atom stereocenters. The van der Waals surface area contributed by atoms with E-state index in [1.807, 2.05) is 4.57 Å². The first-order chi connectivity index (χ1) is 10.0. The lowest BCUT2D eigenvalue weighted by Gasteiger charge is -2.31. The first-order valence-electron chi connectivity index (χ1n) is 7.72. The molecule has 0 radical (unpaired) electrons. The van der Waals surface area contributed by atoms with Crippen molar-refractivity contribution in [3.05, 3.63) is 12.2 Å². The lowest BCUT2D eigenvalue weighted by molar-refractivity contribution is -0.183. The van der Waals surface area contributed by atoms with Gasteiger partial charge in [-0.25, -0.2) is 0 Å². The quantitative estimate of drug-likeness (QED) is 0.909. The van der Waals surface area contributed by atoms with E-state index in [-0.39, 0.29) is 18.9 Å². The number of rotatable bonds is 5. The van der Waals surface area contributed by atoms with Crippen molar-refractivity contribution in [1.29, 1.82) is 0 Å². The van der Waals surface area contributed by atoms with Gasteiger partial charge in [0.15, 0.2) is 0 Å². The predicted molar refractivity (Wildman–Crippen MR) is 71.8 cm³/mol. The van der Waals surface area contributed by atoms with Gasteiger partial charge in [0, 0.05) is 25.0 Å². The molecule has 1 N–H and O–H groups in total. The summed E-state index contributed by atoms with van der Waals surface area (Å²) in [6.07, 6.45) is 1.98. The molecule has 0 aromatic carbocycles. The molecule has 0 bridgehead atoms. The van der Waals surface area contributed by atoms with Gasteiger partial charge in [-0.15, -0.1) is 10.2 Å². The third-order valence-electron chi connectivity index (χ3n) is 4.51. The molecule has 2 saturated carbocycles. The molecule has 0 unspecified atom stereocenters. The van der Waals surface area contributed by atoms with Crippen molar-refractivity contribution in [2.45, 2.75) is 63.2 Å². The fourth-order valence-electron chi connectivity index (χ4n) is 3.16. The van der Waals surface area contributed by atoms with E-state index in [2.05, 4.69) is 15.5 Å². The zero-order chi connectivity index (χ0) is 14.9. The Kier molecular flexibility index (Phi) is 4.19. The van der Waals surface area contributed by atoms with Gasteiger partial charge >= 0.3 is 6.18 Å². The van der Waals surface area contributed by atoms with Crippen molar-refractivity contribution in [2.24, 2.45) is 5.92 Å². The molecule has 21 heavy (non-hydrogen) atoms. The number of alkyl halides is 3. The Labute approximate surface area is 122 Å². The highest BCUT2D eigenvalue weighted by Gasteiger charge is 2.42. The van der Waals surface area contributed by atoms with E-state index in [9.17, 15) is 13.2 Å². The van der Waals surface area contributed by atoms with Crippen LogP contribution in [0.15, 0.2) is 6.33 Å². The van der Waals surface area contributed by atoms with E-state index in [1.54, 1.807) is 6.33 Å². The monoisotopic (exact) mass is 302 g/mol. The lowest BCUT2D eigenvalue weighted by atomic mass is 9.85. The Morgan fingerprint density at radius 1 is 1.24 bits per heavy atom. The number of hydrogen-bond acceptors (Lipinski definition) is 3. The second-order valence-electron chi connectivity index (χ2n) is 6.21. The molecule has 2 fully saturated rings. The summed E-state index contributed by atoms with van der Waals surface area (Å²) in [6, 6.07) is -0.0220. The summed E-state index contributed by atoms with van der Waals surface area (Å²) in [7, 11) is 0. The minimum Gasteiger partial charge on any atom is -0.316 e. The number of nitrogens with one attached hydrogen (secondary N) is 1. The van der Waals surface area contributed by atoms with Gasteiger partial charge in [0.25, 0.3) is 0 Å². The minimum atomic E-state index is -4.05. The third-order valence-corrected chi connectivity index (χ3v) is 4.51. The third kappa shape index (κ3) is 3.75. The zero-order valence-electron chi connectivity index (χ0n) is 11.9. The number of halogens is 3. The average Bonchev–Trinajstić information content (AvgIpc) is 3.18. The Morgan fingerprint density at radius 2 is 2.05 bits per heavy atom. The predicted octanol–water partition coefficient (Wildman–Crippen LogP) is 2.87. The van der Waals surface area contributed by atoms with Crippen LogP contribution in [-0.4, -0.2) is 33.5 Å². The molecule has 2 aliphatic carbocycles. The van der Waals surface area contributed by atoms with Gasteiger partial charge in [-0.2, -0.15) is 13.2 Å². The zero-order valence-corrected chi connectivity index (χ0v) is 11.9.